The van der Waals surface area contributed by atoms with Gasteiger partial charge in [0.2, 0.25) is 0 Å². The van der Waals surface area contributed by atoms with Crippen molar-refractivity contribution in [2.24, 2.45) is 11.3 Å². The summed E-state index contributed by atoms with van der Waals surface area (Å²) in [6.45, 7) is 14.8. The van der Waals surface area contributed by atoms with Crippen LogP contribution in [-0.2, 0) is 16.0 Å². The molecule has 0 spiro atoms. The molecule has 2 fully saturated rings. The van der Waals surface area contributed by atoms with Crippen molar-refractivity contribution < 1.29 is 14.0 Å². The fourth-order valence-electron chi connectivity index (χ4n) is 5.18. The molecule has 0 unspecified atom stereocenters. The number of quaternary nitrogens is 1. The SMILES string of the molecule is C[C@@H](C[C@@H]1OC[C@H](C[N+]2(Cc3ccccc3)CCCCC2)O1)CC(C)(C)C. The minimum Gasteiger partial charge on any atom is -0.350 e. The second-order valence-electron chi connectivity index (χ2n) is 10.3. The molecule has 0 N–H and O–H groups in total. The van der Waals surface area contributed by atoms with Gasteiger partial charge in [-0.15, -0.1) is 0 Å². The molecular weight excluding hydrogens is 334 g/mol. The van der Waals surface area contributed by atoms with Crippen molar-refractivity contribution in [2.45, 2.75) is 78.7 Å². The van der Waals surface area contributed by atoms with Crippen molar-refractivity contribution in [3.8, 4) is 0 Å². The van der Waals surface area contributed by atoms with Crippen molar-refractivity contribution >= 4 is 0 Å². The first-order valence-corrected chi connectivity index (χ1v) is 11.0. The lowest BCUT2D eigenvalue weighted by Gasteiger charge is -2.42. The average Bonchev–Trinajstić information content (AvgIpc) is 3.01. The molecule has 3 nitrogen and oxygen atoms in total. The lowest BCUT2D eigenvalue weighted by molar-refractivity contribution is -0.947. The molecule has 3 rings (SSSR count). The summed E-state index contributed by atoms with van der Waals surface area (Å²) < 4.78 is 13.6. The Kier molecular flexibility index (Phi) is 6.99. The van der Waals surface area contributed by atoms with Gasteiger partial charge in [0.25, 0.3) is 0 Å². The molecule has 1 aromatic rings. The lowest BCUT2D eigenvalue weighted by atomic mass is 9.84. The highest BCUT2D eigenvalue weighted by molar-refractivity contribution is 5.13. The van der Waals surface area contributed by atoms with Crippen molar-refractivity contribution in [1.82, 2.24) is 0 Å². The maximum Gasteiger partial charge on any atom is 0.158 e. The molecule has 2 aliphatic heterocycles. The van der Waals surface area contributed by atoms with Crippen molar-refractivity contribution in [3.63, 3.8) is 0 Å². The number of rotatable bonds is 7. The Balaban J connectivity index is 1.55. The van der Waals surface area contributed by atoms with Crippen LogP contribution in [0.2, 0.25) is 0 Å². The van der Waals surface area contributed by atoms with E-state index in [1.54, 1.807) is 0 Å². The van der Waals surface area contributed by atoms with Crippen LogP contribution in [-0.4, -0.2) is 43.1 Å². The number of benzene rings is 1. The standard InChI is InChI=1S/C24H40NO2/c1-20(16-24(2,3)4)15-23-26-19-22(27-23)18-25(13-9-6-10-14-25)17-21-11-7-5-8-12-21/h5,7-8,11-12,20,22-23H,6,9-10,13-19H2,1-4H3/q+1/t20-,22-,23+/m0/s1. The van der Waals surface area contributed by atoms with E-state index in [1.165, 1.54) is 48.8 Å². The van der Waals surface area contributed by atoms with Crippen molar-refractivity contribution in [3.05, 3.63) is 35.9 Å². The molecule has 2 aliphatic rings. The van der Waals surface area contributed by atoms with Gasteiger partial charge >= 0.3 is 0 Å². The molecule has 3 atom stereocenters. The molecule has 0 saturated carbocycles. The van der Waals surface area contributed by atoms with Gasteiger partial charge in [0.15, 0.2) is 6.29 Å². The van der Waals surface area contributed by atoms with Gasteiger partial charge in [-0.25, -0.2) is 0 Å². The number of likely N-dealkylation sites (tertiary alicyclic amines) is 1. The Bertz CT molecular complexity index is 559. The van der Waals surface area contributed by atoms with E-state index in [1.807, 2.05) is 0 Å². The monoisotopic (exact) mass is 374 g/mol. The van der Waals surface area contributed by atoms with Gasteiger partial charge in [0, 0.05) is 12.0 Å². The topological polar surface area (TPSA) is 18.5 Å². The molecule has 3 heteroatoms. The lowest BCUT2D eigenvalue weighted by Crippen LogP contribution is -2.54. The third kappa shape index (κ3) is 6.58. The van der Waals surface area contributed by atoms with Crippen LogP contribution in [0.1, 0.15) is 65.4 Å². The number of ether oxygens (including phenoxy) is 2. The van der Waals surface area contributed by atoms with E-state index >= 15 is 0 Å². The van der Waals surface area contributed by atoms with Crippen LogP contribution in [0.15, 0.2) is 30.3 Å². The fraction of sp³-hybridized carbons (Fsp3) is 0.750. The molecular formula is C24H40NO2+. The Morgan fingerprint density at radius 2 is 1.78 bits per heavy atom. The molecule has 0 aromatic heterocycles. The van der Waals surface area contributed by atoms with Crippen molar-refractivity contribution in [1.29, 1.82) is 0 Å². The van der Waals surface area contributed by atoms with Gasteiger partial charge in [-0.1, -0.05) is 58.0 Å². The number of piperidine rings is 1. The summed E-state index contributed by atoms with van der Waals surface area (Å²) in [5.74, 6) is 0.635. The maximum absolute atomic E-state index is 6.37. The average molecular weight is 375 g/mol. The van der Waals surface area contributed by atoms with E-state index in [9.17, 15) is 0 Å². The van der Waals surface area contributed by atoms with E-state index in [4.69, 9.17) is 9.47 Å². The van der Waals surface area contributed by atoms with E-state index in [0.29, 0.717) is 11.3 Å². The summed E-state index contributed by atoms with van der Waals surface area (Å²) >= 11 is 0. The van der Waals surface area contributed by atoms with Gasteiger partial charge in [-0.2, -0.15) is 0 Å². The first-order chi connectivity index (χ1) is 12.8. The fourth-order valence-corrected chi connectivity index (χ4v) is 5.18. The van der Waals surface area contributed by atoms with Gasteiger partial charge in [-0.05, 0) is 37.0 Å². The quantitative estimate of drug-likeness (QED) is 0.596. The molecule has 0 aliphatic carbocycles. The zero-order valence-electron chi connectivity index (χ0n) is 18.0. The van der Waals surface area contributed by atoms with Crippen LogP contribution < -0.4 is 0 Å². The third-order valence-electron chi connectivity index (χ3n) is 6.08. The molecule has 2 saturated heterocycles. The van der Waals surface area contributed by atoms with Crippen LogP contribution in [0.25, 0.3) is 0 Å². The van der Waals surface area contributed by atoms with Gasteiger partial charge in [-0.3, -0.25) is 0 Å². The van der Waals surface area contributed by atoms with E-state index in [2.05, 4.69) is 58.0 Å². The van der Waals surface area contributed by atoms with Crippen LogP contribution in [0, 0.1) is 11.3 Å². The molecule has 0 bridgehead atoms. The summed E-state index contributed by atoms with van der Waals surface area (Å²) in [5, 5.41) is 0. The molecule has 152 valence electrons. The minimum atomic E-state index is -0.00563. The van der Waals surface area contributed by atoms with E-state index in [-0.39, 0.29) is 12.4 Å². The normalized spacial score (nSPS) is 26.8. The predicted molar refractivity (Wildman–Crippen MR) is 111 cm³/mol. The third-order valence-corrected chi connectivity index (χ3v) is 6.08. The van der Waals surface area contributed by atoms with Crippen LogP contribution >= 0.6 is 0 Å². The Morgan fingerprint density at radius 3 is 2.44 bits per heavy atom. The first kappa shape index (κ1) is 20.8. The summed E-state index contributed by atoms with van der Waals surface area (Å²) in [5.41, 5.74) is 1.82. The maximum atomic E-state index is 6.37. The van der Waals surface area contributed by atoms with Gasteiger partial charge < -0.3 is 14.0 Å². The first-order valence-electron chi connectivity index (χ1n) is 11.0. The highest BCUT2D eigenvalue weighted by atomic mass is 16.7. The van der Waals surface area contributed by atoms with Gasteiger partial charge in [0.1, 0.15) is 19.2 Å². The predicted octanol–water partition coefficient (Wildman–Crippen LogP) is 5.39. The Morgan fingerprint density at radius 1 is 1.07 bits per heavy atom. The smallest absolute Gasteiger partial charge is 0.158 e. The van der Waals surface area contributed by atoms with E-state index in [0.717, 1.165) is 26.1 Å². The van der Waals surface area contributed by atoms with Gasteiger partial charge in [0.05, 0.1) is 19.7 Å². The largest absolute Gasteiger partial charge is 0.350 e. The summed E-state index contributed by atoms with van der Waals surface area (Å²) in [4.78, 5) is 0. The molecule has 0 radical (unpaired) electrons. The summed E-state index contributed by atoms with van der Waals surface area (Å²) in [7, 11) is 0. The molecule has 1 aromatic carbocycles. The molecule has 27 heavy (non-hydrogen) atoms. The molecule has 2 heterocycles. The minimum absolute atomic E-state index is 0.00563. The zero-order valence-corrected chi connectivity index (χ0v) is 18.0. The highest BCUT2D eigenvalue weighted by Crippen LogP contribution is 2.31. The second kappa shape index (κ2) is 9.07. The van der Waals surface area contributed by atoms with Crippen molar-refractivity contribution in [2.75, 3.05) is 26.2 Å². The van der Waals surface area contributed by atoms with Crippen LogP contribution in [0.4, 0.5) is 0 Å². The summed E-state index contributed by atoms with van der Waals surface area (Å²) in [6, 6.07) is 11.0. The number of hydrogen-bond donors (Lipinski definition) is 0. The van der Waals surface area contributed by atoms with E-state index < -0.39 is 0 Å². The van der Waals surface area contributed by atoms with Crippen LogP contribution in [0.3, 0.4) is 0 Å². The Labute approximate surface area is 166 Å². The zero-order chi connectivity index (χ0) is 19.3. The Hall–Kier alpha value is -0.900. The highest BCUT2D eigenvalue weighted by Gasteiger charge is 2.38. The summed E-state index contributed by atoms with van der Waals surface area (Å²) in [6.07, 6.45) is 6.54. The van der Waals surface area contributed by atoms with Crippen LogP contribution in [0.5, 0.6) is 0 Å². The number of nitrogens with zero attached hydrogens (tertiary/aromatic N) is 1. The number of hydrogen-bond acceptors (Lipinski definition) is 2. The molecule has 0 amide bonds. The second-order valence-corrected chi connectivity index (χ2v) is 10.3.